The van der Waals surface area contributed by atoms with Gasteiger partial charge in [0.25, 0.3) is 5.56 Å². The van der Waals surface area contributed by atoms with Gasteiger partial charge < -0.3 is 15.8 Å². The first-order valence-corrected chi connectivity index (χ1v) is 4.94. The maximum absolute atomic E-state index is 11.4. The fourth-order valence-corrected chi connectivity index (χ4v) is 1.67. The van der Waals surface area contributed by atoms with Gasteiger partial charge in [-0.25, -0.2) is 0 Å². The number of para-hydroxylation sites is 1. The van der Waals surface area contributed by atoms with E-state index < -0.39 is 5.56 Å². The van der Waals surface area contributed by atoms with Crippen molar-refractivity contribution >= 4 is 17.3 Å². The Morgan fingerprint density at radius 3 is 2.69 bits per heavy atom. The first-order chi connectivity index (χ1) is 7.59. The summed E-state index contributed by atoms with van der Waals surface area (Å²) in [6.07, 6.45) is 0. The third-order valence-corrected chi connectivity index (χ3v) is 2.49. The summed E-state index contributed by atoms with van der Waals surface area (Å²) in [5, 5.41) is 9.93. The Hall–Kier alpha value is -1.94. The number of halogens is 1. The number of rotatable bonds is 1. The number of aromatic hydroxyl groups is 1. The quantitative estimate of drug-likeness (QED) is 0.708. The van der Waals surface area contributed by atoms with Crippen LogP contribution in [0.5, 0.6) is 5.75 Å². The molecule has 0 bridgehead atoms. The normalized spacial score (nSPS) is 10.3. The molecule has 0 aliphatic heterocycles. The van der Waals surface area contributed by atoms with E-state index >= 15 is 0 Å². The molecular weight excluding hydrogens is 228 g/mol. The number of hydrogen-bond acceptors (Lipinski definition) is 3. The molecule has 0 saturated heterocycles. The van der Waals surface area contributed by atoms with E-state index in [9.17, 15) is 9.90 Å². The largest absolute Gasteiger partial charge is 0.507 e. The van der Waals surface area contributed by atoms with E-state index in [1.165, 1.54) is 12.1 Å². The van der Waals surface area contributed by atoms with Crippen LogP contribution in [0.4, 0.5) is 5.69 Å². The Morgan fingerprint density at radius 2 is 2.00 bits per heavy atom. The molecule has 0 amide bonds. The minimum Gasteiger partial charge on any atom is -0.507 e. The number of phenols is 1. The highest BCUT2D eigenvalue weighted by molar-refractivity contribution is 6.33. The molecule has 82 valence electrons. The molecule has 0 aliphatic carbocycles. The van der Waals surface area contributed by atoms with Gasteiger partial charge in [-0.1, -0.05) is 23.7 Å². The molecule has 4 N–H and O–H groups in total. The zero-order valence-electron chi connectivity index (χ0n) is 8.20. The number of benzene rings is 1. The molecule has 0 spiro atoms. The summed E-state index contributed by atoms with van der Waals surface area (Å²) < 4.78 is 0. The molecule has 5 heteroatoms. The van der Waals surface area contributed by atoms with Gasteiger partial charge in [-0.05, 0) is 18.2 Å². The second-order valence-electron chi connectivity index (χ2n) is 3.29. The highest BCUT2D eigenvalue weighted by atomic mass is 35.5. The predicted octanol–water partition coefficient (Wildman–Crippen LogP) is 1.98. The van der Waals surface area contributed by atoms with Crippen molar-refractivity contribution in [1.29, 1.82) is 0 Å². The molecule has 0 atom stereocenters. The van der Waals surface area contributed by atoms with E-state index in [0.717, 1.165) is 0 Å². The van der Waals surface area contributed by atoms with E-state index in [4.69, 9.17) is 17.3 Å². The Kier molecular flexibility index (Phi) is 2.58. The summed E-state index contributed by atoms with van der Waals surface area (Å²) in [6.45, 7) is 0. The van der Waals surface area contributed by atoms with Crippen LogP contribution >= 0.6 is 11.6 Å². The van der Waals surface area contributed by atoms with Gasteiger partial charge in [-0.2, -0.15) is 0 Å². The molecule has 0 unspecified atom stereocenters. The Labute approximate surface area is 96.3 Å². The SMILES string of the molecule is Nc1cc(Cl)c(-c2ccccc2O)[nH]c1=O. The first-order valence-electron chi connectivity index (χ1n) is 4.56. The second kappa shape index (κ2) is 3.90. The van der Waals surface area contributed by atoms with E-state index in [0.29, 0.717) is 16.3 Å². The molecule has 2 rings (SSSR count). The number of hydrogen-bond donors (Lipinski definition) is 3. The van der Waals surface area contributed by atoms with Crippen LogP contribution in [0.3, 0.4) is 0 Å². The van der Waals surface area contributed by atoms with Gasteiger partial charge >= 0.3 is 0 Å². The molecule has 0 saturated carbocycles. The van der Waals surface area contributed by atoms with Gasteiger partial charge in [0.1, 0.15) is 5.75 Å². The van der Waals surface area contributed by atoms with Crippen LogP contribution in [0, 0.1) is 0 Å². The van der Waals surface area contributed by atoms with Crippen molar-refractivity contribution in [2.45, 2.75) is 0 Å². The summed E-state index contributed by atoms with van der Waals surface area (Å²) in [7, 11) is 0. The van der Waals surface area contributed by atoms with Crippen LogP contribution in [-0.2, 0) is 0 Å². The molecule has 1 aromatic carbocycles. The molecule has 16 heavy (non-hydrogen) atoms. The first kappa shape index (κ1) is 10.6. The van der Waals surface area contributed by atoms with Crippen molar-refractivity contribution in [2.24, 2.45) is 0 Å². The second-order valence-corrected chi connectivity index (χ2v) is 3.70. The van der Waals surface area contributed by atoms with Crippen molar-refractivity contribution < 1.29 is 5.11 Å². The number of nitrogens with two attached hydrogens (primary N) is 1. The molecular formula is C11H9ClN2O2. The fourth-order valence-electron chi connectivity index (χ4n) is 1.40. The van der Waals surface area contributed by atoms with Gasteiger partial charge in [0, 0.05) is 5.56 Å². The zero-order chi connectivity index (χ0) is 11.7. The molecule has 0 fully saturated rings. The molecule has 1 aromatic heterocycles. The number of aromatic amines is 1. The summed E-state index contributed by atoms with van der Waals surface area (Å²) in [5.74, 6) is 0.0461. The Morgan fingerprint density at radius 1 is 1.31 bits per heavy atom. The average Bonchev–Trinajstić information content (AvgIpc) is 2.25. The van der Waals surface area contributed by atoms with E-state index in [1.54, 1.807) is 18.2 Å². The predicted molar refractivity (Wildman–Crippen MR) is 63.6 cm³/mol. The maximum Gasteiger partial charge on any atom is 0.271 e. The lowest BCUT2D eigenvalue weighted by molar-refractivity contribution is 0.477. The number of aromatic nitrogens is 1. The van der Waals surface area contributed by atoms with E-state index in [1.807, 2.05) is 0 Å². The van der Waals surface area contributed by atoms with Crippen molar-refractivity contribution in [3.8, 4) is 17.0 Å². The smallest absolute Gasteiger partial charge is 0.271 e. The van der Waals surface area contributed by atoms with Gasteiger partial charge in [-0.15, -0.1) is 0 Å². The molecule has 1 heterocycles. The summed E-state index contributed by atoms with van der Waals surface area (Å²) in [5.41, 5.74) is 5.86. The summed E-state index contributed by atoms with van der Waals surface area (Å²) in [6, 6.07) is 7.95. The fraction of sp³-hybridized carbons (Fsp3) is 0. The van der Waals surface area contributed by atoms with Crippen molar-refractivity contribution in [3.63, 3.8) is 0 Å². The molecule has 4 nitrogen and oxygen atoms in total. The Balaban J connectivity index is 2.70. The van der Waals surface area contributed by atoms with Gasteiger partial charge in [0.2, 0.25) is 0 Å². The monoisotopic (exact) mass is 236 g/mol. The topological polar surface area (TPSA) is 79.1 Å². The van der Waals surface area contributed by atoms with Crippen LogP contribution < -0.4 is 11.3 Å². The van der Waals surface area contributed by atoms with Crippen LogP contribution in [0.15, 0.2) is 35.1 Å². The number of pyridine rings is 1. The highest BCUT2D eigenvalue weighted by Crippen LogP contribution is 2.31. The molecule has 0 radical (unpaired) electrons. The summed E-state index contributed by atoms with van der Waals surface area (Å²) in [4.78, 5) is 13.9. The van der Waals surface area contributed by atoms with E-state index in [-0.39, 0.29) is 11.4 Å². The lowest BCUT2D eigenvalue weighted by Gasteiger charge is -2.06. The third kappa shape index (κ3) is 1.75. The van der Waals surface area contributed by atoms with Gasteiger partial charge in [0.05, 0.1) is 16.4 Å². The Bertz CT molecular complexity index is 593. The average molecular weight is 237 g/mol. The number of nitrogens with one attached hydrogen (secondary N) is 1. The van der Waals surface area contributed by atoms with Gasteiger partial charge in [-0.3, -0.25) is 4.79 Å². The lowest BCUT2D eigenvalue weighted by Crippen LogP contribution is -2.12. The van der Waals surface area contributed by atoms with Crippen molar-refractivity contribution in [2.75, 3.05) is 5.73 Å². The number of H-pyrrole nitrogens is 1. The minimum absolute atomic E-state index is 0.0455. The van der Waals surface area contributed by atoms with Crippen LogP contribution in [0.1, 0.15) is 0 Å². The molecule has 0 aliphatic rings. The van der Waals surface area contributed by atoms with Gasteiger partial charge in [0.15, 0.2) is 0 Å². The van der Waals surface area contributed by atoms with Crippen LogP contribution in [-0.4, -0.2) is 10.1 Å². The van der Waals surface area contributed by atoms with Crippen molar-refractivity contribution in [1.82, 2.24) is 4.98 Å². The molecule has 2 aromatic rings. The zero-order valence-corrected chi connectivity index (χ0v) is 8.95. The number of nitrogen functional groups attached to an aromatic ring is 1. The number of phenolic OH excluding ortho intramolecular Hbond substituents is 1. The van der Waals surface area contributed by atoms with Crippen molar-refractivity contribution in [3.05, 3.63) is 45.7 Å². The summed E-state index contributed by atoms with van der Waals surface area (Å²) >= 11 is 5.95. The maximum atomic E-state index is 11.4. The third-order valence-electron chi connectivity index (χ3n) is 2.20. The van der Waals surface area contributed by atoms with Crippen LogP contribution in [0.2, 0.25) is 5.02 Å². The minimum atomic E-state index is -0.428. The lowest BCUT2D eigenvalue weighted by atomic mass is 10.1. The highest BCUT2D eigenvalue weighted by Gasteiger charge is 2.10. The van der Waals surface area contributed by atoms with E-state index in [2.05, 4.69) is 4.98 Å². The number of anilines is 1. The van der Waals surface area contributed by atoms with Crippen LogP contribution in [0.25, 0.3) is 11.3 Å². The standard InChI is InChI=1S/C11H9ClN2O2/c12-7-5-8(13)11(16)14-10(7)6-3-1-2-4-9(6)15/h1-5,15H,13H2,(H,14,16).